The molecule has 0 bridgehead atoms. The number of fused-ring (bicyclic) bond motifs is 1. The van der Waals surface area contributed by atoms with Crippen molar-refractivity contribution < 1.29 is 24.2 Å². The molecule has 0 atom stereocenters. The lowest BCUT2D eigenvalue weighted by Crippen LogP contribution is -2.18. The Morgan fingerprint density at radius 2 is 1.89 bits per heavy atom. The number of amides is 1. The zero-order valence-corrected chi connectivity index (χ0v) is 14.9. The Labute approximate surface area is 156 Å². The Bertz CT molecular complexity index is 892. The van der Waals surface area contributed by atoms with Crippen LogP contribution in [0.15, 0.2) is 42.5 Å². The predicted molar refractivity (Wildman–Crippen MR) is 99.0 cm³/mol. The fourth-order valence-corrected chi connectivity index (χ4v) is 2.52. The molecule has 0 aliphatic rings. The standard InChI is InChI=1S/C19H21N3O5/c1-25-8-9-26-10-11-27-15-5-2-13(3-6-15)18-20-16-7-4-14(19(23)22-24)12-17(16)21-18/h2-7,12,24H,8-11H2,1H3,(H,20,21)(H,22,23). The second-order valence-corrected chi connectivity index (χ2v) is 5.74. The molecule has 2 aromatic carbocycles. The molecule has 0 saturated carbocycles. The van der Waals surface area contributed by atoms with E-state index < -0.39 is 5.91 Å². The van der Waals surface area contributed by atoms with E-state index in [1.807, 2.05) is 24.3 Å². The summed E-state index contributed by atoms with van der Waals surface area (Å²) in [5.41, 5.74) is 4.29. The minimum absolute atomic E-state index is 0.344. The lowest BCUT2D eigenvalue weighted by molar-refractivity contribution is 0.0544. The van der Waals surface area contributed by atoms with Crippen molar-refractivity contribution in [2.75, 3.05) is 33.5 Å². The van der Waals surface area contributed by atoms with Crippen LogP contribution >= 0.6 is 0 Å². The molecule has 0 radical (unpaired) electrons. The van der Waals surface area contributed by atoms with E-state index in [-0.39, 0.29) is 0 Å². The summed E-state index contributed by atoms with van der Waals surface area (Å²) in [5, 5.41) is 8.73. The number of imidazole rings is 1. The van der Waals surface area contributed by atoms with Gasteiger partial charge in [-0.1, -0.05) is 0 Å². The second kappa shape index (κ2) is 9.13. The van der Waals surface area contributed by atoms with Gasteiger partial charge < -0.3 is 19.2 Å². The van der Waals surface area contributed by atoms with Crippen molar-refractivity contribution in [3.63, 3.8) is 0 Å². The van der Waals surface area contributed by atoms with E-state index in [4.69, 9.17) is 19.4 Å². The summed E-state index contributed by atoms with van der Waals surface area (Å²) in [4.78, 5) is 19.2. The molecule has 0 unspecified atom stereocenters. The molecule has 8 nitrogen and oxygen atoms in total. The molecule has 27 heavy (non-hydrogen) atoms. The molecule has 3 rings (SSSR count). The summed E-state index contributed by atoms with van der Waals surface area (Å²) in [6, 6.07) is 12.5. The summed E-state index contributed by atoms with van der Waals surface area (Å²) in [6.45, 7) is 2.08. The van der Waals surface area contributed by atoms with Crippen molar-refractivity contribution in [2.45, 2.75) is 0 Å². The third-order valence-corrected chi connectivity index (χ3v) is 3.90. The maximum Gasteiger partial charge on any atom is 0.274 e. The molecule has 8 heteroatoms. The number of hydroxylamine groups is 1. The highest BCUT2D eigenvalue weighted by Gasteiger charge is 2.09. The fraction of sp³-hybridized carbons (Fsp3) is 0.263. The molecule has 1 amide bonds. The first-order valence-electron chi connectivity index (χ1n) is 8.45. The maximum atomic E-state index is 11.5. The lowest BCUT2D eigenvalue weighted by Gasteiger charge is -2.07. The van der Waals surface area contributed by atoms with Gasteiger partial charge in [0, 0.05) is 18.2 Å². The van der Waals surface area contributed by atoms with Gasteiger partial charge in [-0.3, -0.25) is 10.0 Å². The number of H-pyrrole nitrogens is 1. The van der Waals surface area contributed by atoms with Crippen LogP contribution in [-0.4, -0.2) is 54.6 Å². The average Bonchev–Trinajstić information content (AvgIpc) is 3.13. The number of benzene rings is 2. The van der Waals surface area contributed by atoms with E-state index in [0.29, 0.717) is 43.3 Å². The summed E-state index contributed by atoms with van der Waals surface area (Å²) in [7, 11) is 1.63. The zero-order valence-electron chi connectivity index (χ0n) is 14.9. The van der Waals surface area contributed by atoms with Gasteiger partial charge in [0.2, 0.25) is 0 Å². The SMILES string of the molecule is COCCOCCOc1ccc(-c2nc3ccc(C(=O)NO)cc3[nH]2)cc1. The number of carbonyl (C=O) groups excluding carboxylic acids is 1. The molecule has 0 aliphatic heterocycles. The number of carbonyl (C=O) groups is 1. The molecule has 0 aliphatic carbocycles. The quantitative estimate of drug-likeness (QED) is 0.303. The Morgan fingerprint density at radius 3 is 2.63 bits per heavy atom. The summed E-state index contributed by atoms with van der Waals surface area (Å²) in [5.74, 6) is 0.855. The minimum Gasteiger partial charge on any atom is -0.491 e. The average molecular weight is 371 g/mol. The number of ether oxygens (including phenoxy) is 3. The number of rotatable bonds is 9. The molecule has 1 aromatic heterocycles. The van der Waals surface area contributed by atoms with E-state index in [2.05, 4.69) is 9.97 Å². The first kappa shape index (κ1) is 18.8. The molecule has 0 spiro atoms. The highest BCUT2D eigenvalue weighted by Crippen LogP contribution is 2.23. The second-order valence-electron chi connectivity index (χ2n) is 5.74. The molecule has 0 saturated heterocycles. The van der Waals surface area contributed by atoms with Crippen molar-refractivity contribution in [1.29, 1.82) is 0 Å². The zero-order chi connectivity index (χ0) is 19.1. The van der Waals surface area contributed by atoms with Crippen molar-refractivity contribution >= 4 is 16.9 Å². The van der Waals surface area contributed by atoms with Crippen LogP contribution in [0.25, 0.3) is 22.4 Å². The summed E-state index contributed by atoms with van der Waals surface area (Å²) >= 11 is 0. The van der Waals surface area contributed by atoms with Crippen LogP contribution in [0.4, 0.5) is 0 Å². The van der Waals surface area contributed by atoms with Crippen LogP contribution in [0.2, 0.25) is 0 Å². The molecule has 3 aromatic rings. The van der Waals surface area contributed by atoms with Crippen LogP contribution in [0, 0.1) is 0 Å². The number of aromatic nitrogens is 2. The number of methoxy groups -OCH3 is 1. The van der Waals surface area contributed by atoms with Crippen LogP contribution in [-0.2, 0) is 9.47 Å². The number of nitrogens with one attached hydrogen (secondary N) is 2. The minimum atomic E-state index is -0.569. The molecular weight excluding hydrogens is 350 g/mol. The molecule has 0 fully saturated rings. The normalized spacial score (nSPS) is 10.9. The van der Waals surface area contributed by atoms with Crippen LogP contribution in [0.3, 0.4) is 0 Å². The Kier molecular flexibility index (Phi) is 6.37. The van der Waals surface area contributed by atoms with Gasteiger partial charge in [-0.25, -0.2) is 10.5 Å². The summed E-state index contributed by atoms with van der Waals surface area (Å²) in [6.07, 6.45) is 0. The molecular formula is C19H21N3O5. The van der Waals surface area contributed by atoms with Gasteiger partial charge in [0.15, 0.2) is 0 Å². The van der Waals surface area contributed by atoms with Crippen molar-refractivity contribution in [3.05, 3.63) is 48.0 Å². The number of hydrogen-bond donors (Lipinski definition) is 3. The predicted octanol–water partition coefficient (Wildman–Crippen LogP) is 2.39. The smallest absolute Gasteiger partial charge is 0.274 e. The van der Waals surface area contributed by atoms with Gasteiger partial charge in [0.1, 0.15) is 18.2 Å². The Balaban J connectivity index is 1.63. The van der Waals surface area contributed by atoms with Gasteiger partial charge in [-0.2, -0.15) is 0 Å². The molecule has 1 heterocycles. The highest BCUT2D eigenvalue weighted by atomic mass is 16.5. The van der Waals surface area contributed by atoms with E-state index >= 15 is 0 Å². The first-order chi connectivity index (χ1) is 13.2. The van der Waals surface area contributed by atoms with Gasteiger partial charge in [0.05, 0.1) is 30.9 Å². The van der Waals surface area contributed by atoms with Crippen LogP contribution in [0.5, 0.6) is 5.75 Å². The van der Waals surface area contributed by atoms with Gasteiger partial charge in [-0.15, -0.1) is 0 Å². The lowest BCUT2D eigenvalue weighted by atomic mass is 10.2. The van der Waals surface area contributed by atoms with Crippen molar-refractivity contribution in [3.8, 4) is 17.1 Å². The monoisotopic (exact) mass is 371 g/mol. The van der Waals surface area contributed by atoms with Crippen molar-refractivity contribution in [2.24, 2.45) is 0 Å². The van der Waals surface area contributed by atoms with Gasteiger partial charge >= 0.3 is 0 Å². The first-order valence-corrected chi connectivity index (χ1v) is 8.45. The number of nitrogens with zero attached hydrogens (tertiary/aromatic N) is 1. The number of hydrogen-bond acceptors (Lipinski definition) is 6. The Morgan fingerprint density at radius 1 is 1.11 bits per heavy atom. The van der Waals surface area contributed by atoms with E-state index in [0.717, 1.165) is 16.8 Å². The van der Waals surface area contributed by atoms with E-state index in [9.17, 15) is 4.79 Å². The topological polar surface area (TPSA) is 106 Å². The van der Waals surface area contributed by atoms with Gasteiger partial charge in [-0.05, 0) is 42.5 Å². The third-order valence-electron chi connectivity index (χ3n) is 3.90. The fourth-order valence-electron chi connectivity index (χ4n) is 2.52. The van der Waals surface area contributed by atoms with Crippen LogP contribution in [0.1, 0.15) is 10.4 Å². The van der Waals surface area contributed by atoms with Crippen molar-refractivity contribution in [1.82, 2.24) is 15.4 Å². The summed E-state index contributed by atoms with van der Waals surface area (Å²) < 4.78 is 15.9. The largest absolute Gasteiger partial charge is 0.491 e. The maximum absolute atomic E-state index is 11.5. The van der Waals surface area contributed by atoms with E-state index in [1.165, 1.54) is 0 Å². The third kappa shape index (κ3) is 4.82. The highest BCUT2D eigenvalue weighted by molar-refractivity contribution is 5.97. The molecule has 142 valence electrons. The molecule has 3 N–H and O–H groups in total. The van der Waals surface area contributed by atoms with Gasteiger partial charge in [0.25, 0.3) is 5.91 Å². The van der Waals surface area contributed by atoms with E-state index in [1.54, 1.807) is 30.8 Å². The van der Waals surface area contributed by atoms with Crippen LogP contribution < -0.4 is 10.2 Å². The number of aromatic amines is 1. The Hall–Kier alpha value is -2.94.